The first kappa shape index (κ1) is 22.8. The van der Waals surface area contributed by atoms with E-state index in [2.05, 4.69) is 28.8 Å². The van der Waals surface area contributed by atoms with Crippen LogP contribution in [0.25, 0.3) is 0 Å². The van der Waals surface area contributed by atoms with E-state index in [0.29, 0.717) is 0 Å². The second-order valence-electron chi connectivity index (χ2n) is 9.63. The standard InChI is InChI=1S/C20H31N5O4S2/c1-19(2)8-7-12-15(11-5-4-6-13(11)23-16(12)19)24-18(27)25-31(21,29)14-9-22-17(30-14)20(3,28)10-26/h9,12,16-17,22,26,28H,4-8,10H2,1-3H3,(H3,21,24,25,27,29). The van der Waals surface area contributed by atoms with Gasteiger partial charge in [-0.15, -0.1) is 4.36 Å². The number of urea groups is 1. The highest BCUT2D eigenvalue weighted by Crippen LogP contribution is 2.50. The Balaban J connectivity index is 1.55. The van der Waals surface area contributed by atoms with Crippen LogP contribution in [0.1, 0.15) is 52.9 Å². The van der Waals surface area contributed by atoms with E-state index in [1.165, 1.54) is 13.1 Å². The van der Waals surface area contributed by atoms with Crippen molar-refractivity contribution in [1.82, 2.24) is 10.6 Å². The fraction of sp³-hybridized carbons (Fsp3) is 0.700. The number of carbonyl (C=O) groups is 1. The molecule has 31 heavy (non-hydrogen) atoms. The number of nitrogens with two attached hydrogens (primary N) is 1. The summed E-state index contributed by atoms with van der Waals surface area (Å²) >= 11 is 1.00. The summed E-state index contributed by atoms with van der Waals surface area (Å²) in [5.41, 5.74) is 1.66. The molecule has 0 aromatic heterocycles. The minimum absolute atomic E-state index is 0.0654. The molecule has 6 N–H and O–H groups in total. The van der Waals surface area contributed by atoms with Gasteiger partial charge in [-0.3, -0.25) is 4.99 Å². The number of dihydropyridines is 1. The molecule has 0 bridgehead atoms. The van der Waals surface area contributed by atoms with E-state index in [0.717, 1.165) is 60.8 Å². The van der Waals surface area contributed by atoms with Crippen molar-refractivity contribution in [2.45, 2.75) is 69.9 Å². The fourth-order valence-electron chi connectivity index (χ4n) is 4.84. The van der Waals surface area contributed by atoms with Gasteiger partial charge >= 0.3 is 6.03 Å². The maximum Gasteiger partial charge on any atom is 0.354 e. The molecule has 11 heteroatoms. The zero-order valence-electron chi connectivity index (χ0n) is 18.1. The van der Waals surface area contributed by atoms with Crippen LogP contribution in [-0.2, 0) is 9.92 Å². The minimum Gasteiger partial charge on any atom is -0.393 e. The summed E-state index contributed by atoms with van der Waals surface area (Å²) in [7, 11) is -3.50. The molecule has 0 radical (unpaired) electrons. The Morgan fingerprint density at radius 1 is 1.52 bits per heavy atom. The fourth-order valence-corrected chi connectivity index (χ4v) is 7.25. The second kappa shape index (κ2) is 7.87. The van der Waals surface area contributed by atoms with Crippen LogP contribution in [0.15, 0.2) is 31.1 Å². The summed E-state index contributed by atoms with van der Waals surface area (Å²) in [6.07, 6.45) is 6.16. The molecule has 4 aliphatic rings. The molecule has 2 amide bonds. The lowest BCUT2D eigenvalue weighted by atomic mass is 9.81. The van der Waals surface area contributed by atoms with Crippen LogP contribution >= 0.6 is 11.8 Å². The number of fused-ring (bicyclic) bond motifs is 2. The summed E-state index contributed by atoms with van der Waals surface area (Å²) in [6.45, 7) is 5.40. The lowest BCUT2D eigenvalue weighted by Gasteiger charge is -2.33. The molecular formula is C20H31N5O4S2. The lowest BCUT2D eigenvalue weighted by Crippen LogP contribution is -2.45. The molecule has 2 saturated carbocycles. The average molecular weight is 470 g/mol. The van der Waals surface area contributed by atoms with Crippen molar-refractivity contribution < 1.29 is 19.2 Å². The Labute approximate surface area is 187 Å². The first-order valence-corrected chi connectivity index (χ1v) is 13.0. The van der Waals surface area contributed by atoms with E-state index in [9.17, 15) is 19.2 Å². The van der Waals surface area contributed by atoms with Crippen LogP contribution in [0.4, 0.5) is 4.79 Å². The van der Waals surface area contributed by atoms with E-state index in [1.54, 1.807) is 0 Å². The van der Waals surface area contributed by atoms with Crippen LogP contribution in [-0.4, -0.2) is 49.8 Å². The van der Waals surface area contributed by atoms with Crippen LogP contribution < -0.4 is 15.8 Å². The zero-order valence-corrected chi connectivity index (χ0v) is 19.7. The number of hydrogen-bond acceptors (Lipinski definition) is 7. The van der Waals surface area contributed by atoms with Gasteiger partial charge in [0, 0.05) is 23.5 Å². The number of aliphatic imine (C=N–C) groups is 1. The third-order valence-electron chi connectivity index (χ3n) is 6.68. The van der Waals surface area contributed by atoms with Crippen molar-refractivity contribution in [2.75, 3.05) is 6.61 Å². The minimum atomic E-state index is -3.50. The highest BCUT2D eigenvalue weighted by Gasteiger charge is 2.47. The Morgan fingerprint density at radius 3 is 2.97 bits per heavy atom. The molecule has 0 aromatic carbocycles. The second-order valence-corrected chi connectivity index (χ2v) is 12.8. The predicted octanol–water partition coefficient (Wildman–Crippen LogP) is 1.94. The monoisotopic (exact) mass is 469 g/mol. The number of thioether (sulfide) groups is 1. The van der Waals surface area contributed by atoms with Gasteiger partial charge in [-0.2, -0.15) is 0 Å². The molecule has 0 spiro atoms. The normalized spacial score (nSPS) is 32.8. The number of carbonyl (C=O) groups excluding carboxylic acids is 1. The highest BCUT2D eigenvalue weighted by atomic mass is 32.3. The molecule has 2 aliphatic heterocycles. The largest absolute Gasteiger partial charge is 0.393 e. The van der Waals surface area contributed by atoms with Gasteiger partial charge in [0.2, 0.25) is 0 Å². The van der Waals surface area contributed by atoms with Gasteiger partial charge in [0.1, 0.15) is 15.2 Å². The molecular weight excluding hydrogens is 438 g/mol. The van der Waals surface area contributed by atoms with E-state index in [4.69, 9.17) is 10.1 Å². The van der Waals surface area contributed by atoms with Gasteiger partial charge in [-0.1, -0.05) is 25.6 Å². The number of aliphatic hydroxyl groups excluding tert-OH is 1. The van der Waals surface area contributed by atoms with Crippen molar-refractivity contribution >= 4 is 33.4 Å². The van der Waals surface area contributed by atoms with Crippen LogP contribution in [0.3, 0.4) is 0 Å². The van der Waals surface area contributed by atoms with Crippen molar-refractivity contribution in [3.05, 3.63) is 21.7 Å². The van der Waals surface area contributed by atoms with Crippen molar-refractivity contribution in [1.29, 1.82) is 0 Å². The van der Waals surface area contributed by atoms with E-state index < -0.39 is 33.5 Å². The number of nitrogens with zero attached hydrogens (tertiary/aromatic N) is 2. The summed E-state index contributed by atoms with van der Waals surface area (Å²) in [5.74, 6) is 0.130. The molecule has 2 fully saturated rings. The maximum absolute atomic E-state index is 13.0. The van der Waals surface area contributed by atoms with E-state index in [1.807, 2.05) is 0 Å². The molecule has 9 nitrogen and oxygen atoms in total. The number of aliphatic hydroxyl groups is 2. The summed E-state index contributed by atoms with van der Waals surface area (Å²) < 4.78 is 17.0. The summed E-state index contributed by atoms with van der Waals surface area (Å²) in [6, 6.07) is -0.605. The predicted molar refractivity (Wildman–Crippen MR) is 122 cm³/mol. The quantitative estimate of drug-likeness (QED) is 0.425. The molecule has 5 unspecified atom stereocenters. The SMILES string of the molecule is CC1(C)CCC2C(NC(=O)N=S(N)(=O)C3=CNC(C(C)(O)CO)S3)=C3CCCC3=NC21. The topological polar surface area (TPSA) is 149 Å². The van der Waals surface area contributed by atoms with Gasteiger partial charge < -0.3 is 20.8 Å². The Morgan fingerprint density at radius 2 is 2.26 bits per heavy atom. The molecule has 4 rings (SSSR count). The number of hydrogen-bond donors (Lipinski definition) is 5. The summed E-state index contributed by atoms with van der Waals surface area (Å²) in [4.78, 5) is 17.8. The van der Waals surface area contributed by atoms with Gasteiger partial charge in [0.25, 0.3) is 0 Å². The van der Waals surface area contributed by atoms with E-state index in [-0.39, 0.29) is 21.6 Å². The molecule has 2 heterocycles. The average Bonchev–Trinajstić information content (AvgIpc) is 3.41. The number of allylic oxidation sites excluding steroid dienone is 1. The molecule has 0 saturated heterocycles. The van der Waals surface area contributed by atoms with E-state index >= 15 is 0 Å². The molecule has 0 aromatic rings. The van der Waals surface area contributed by atoms with Gasteiger partial charge in [-0.25, -0.2) is 14.1 Å². The Kier molecular flexibility index (Phi) is 5.79. The third-order valence-corrected chi connectivity index (χ3v) is 10.0. The first-order chi connectivity index (χ1) is 14.4. The van der Waals surface area contributed by atoms with Crippen LogP contribution in [0, 0.1) is 11.3 Å². The lowest BCUT2D eigenvalue weighted by molar-refractivity contribution is -0.00301. The van der Waals surface area contributed by atoms with Crippen molar-refractivity contribution in [2.24, 2.45) is 25.8 Å². The van der Waals surface area contributed by atoms with Gasteiger partial charge in [0.05, 0.1) is 12.6 Å². The molecule has 5 atom stereocenters. The Bertz CT molecular complexity index is 1010. The smallest absolute Gasteiger partial charge is 0.354 e. The number of rotatable bonds is 4. The molecule has 172 valence electrons. The zero-order chi connectivity index (χ0) is 22.6. The number of amides is 2. The Hall–Kier alpha value is -1.40. The maximum atomic E-state index is 13.0. The van der Waals surface area contributed by atoms with Crippen molar-refractivity contribution in [3.63, 3.8) is 0 Å². The summed E-state index contributed by atoms with van der Waals surface area (Å²) in [5, 5.41) is 30.6. The molecule has 2 aliphatic carbocycles. The van der Waals surface area contributed by atoms with Gasteiger partial charge in [-0.05, 0) is 50.0 Å². The number of nitrogens with one attached hydrogen (secondary N) is 2. The van der Waals surface area contributed by atoms with Gasteiger partial charge in [0.15, 0.2) is 9.92 Å². The van der Waals surface area contributed by atoms with Crippen molar-refractivity contribution in [3.8, 4) is 0 Å². The first-order valence-electron chi connectivity index (χ1n) is 10.6. The van der Waals surface area contributed by atoms with Crippen LogP contribution in [0.2, 0.25) is 0 Å². The highest BCUT2D eigenvalue weighted by molar-refractivity contribution is 8.19. The third kappa shape index (κ3) is 4.18. The van der Waals surface area contributed by atoms with Crippen LogP contribution in [0.5, 0.6) is 0 Å².